The molecule has 0 atom stereocenters. The van der Waals surface area contributed by atoms with Crippen LogP contribution in [0.3, 0.4) is 0 Å². The number of benzene rings is 2. The van der Waals surface area contributed by atoms with E-state index in [1.807, 2.05) is 5.38 Å². The molecule has 1 fully saturated rings. The Morgan fingerprint density at radius 2 is 1.78 bits per heavy atom. The fourth-order valence-corrected chi connectivity index (χ4v) is 5.42. The number of likely N-dealkylation sites (tertiary alicyclic amines) is 1. The Hall–Kier alpha value is -3.14. The van der Waals surface area contributed by atoms with Gasteiger partial charge in [0.25, 0.3) is 0 Å². The number of hydrogen-bond donors (Lipinski definition) is 1. The highest BCUT2D eigenvalue weighted by Crippen LogP contribution is 2.36. The van der Waals surface area contributed by atoms with Gasteiger partial charge in [-0.1, -0.05) is 12.1 Å². The third-order valence-electron chi connectivity index (χ3n) is 6.47. The number of alkyl halides is 3. The summed E-state index contributed by atoms with van der Waals surface area (Å²) in [4.78, 5) is 21.2. The van der Waals surface area contributed by atoms with Crippen LogP contribution in [0.5, 0.6) is 0 Å². The van der Waals surface area contributed by atoms with Crippen LogP contribution in [0.15, 0.2) is 47.8 Å². The summed E-state index contributed by atoms with van der Waals surface area (Å²) < 4.78 is 53.0. The fraction of sp³-hybridized carbons (Fsp3) is 0.385. The molecule has 0 radical (unpaired) electrons. The van der Waals surface area contributed by atoms with Crippen LogP contribution in [0.4, 0.5) is 33.7 Å². The standard InChI is InChI=1S/C26H28F4N4OS/c1-3-33(4-2)20-8-5-17(6-9-20)23-16-36-24(31-23)18-11-13-34(14-12-18)25(35)32-22-10-7-19(27)15-21(22)26(28,29)30/h5-10,15-16,18H,3-4,11-14H2,1-2H3,(H,32,35). The number of halogens is 4. The smallest absolute Gasteiger partial charge is 0.372 e. The van der Waals surface area contributed by atoms with Gasteiger partial charge in [0.1, 0.15) is 5.82 Å². The van der Waals surface area contributed by atoms with Crippen molar-refractivity contribution in [2.24, 2.45) is 0 Å². The van der Waals surface area contributed by atoms with E-state index in [4.69, 9.17) is 4.98 Å². The molecule has 10 heteroatoms. The minimum atomic E-state index is -4.77. The minimum Gasteiger partial charge on any atom is -0.372 e. The molecule has 0 bridgehead atoms. The summed E-state index contributed by atoms with van der Waals surface area (Å²) in [6, 6.07) is 9.95. The average molecular weight is 521 g/mol. The lowest BCUT2D eigenvalue weighted by Crippen LogP contribution is -2.40. The first kappa shape index (κ1) is 25.9. The molecule has 4 rings (SSSR count). The summed E-state index contributed by atoms with van der Waals surface area (Å²) in [7, 11) is 0. The number of anilines is 2. The Morgan fingerprint density at radius 3 is 2.39 bits per heavy atom. The number of carbonyl (C=O) groups excluding carboxylic acids is 1. The molecule has 2 heterocycles. The number of nitrogens with one attached hydrogen (secondary N) is 1. The van der Waals surface area contributed by atoms with E-state index in [0.29, 0.717) is 32.0 Å². The number of urea groups is 1. The summed E-state index contributed by atoms with van der Waals surface area (Å²) >= 11 is 1.59. The predicted molar refractivity (Wildman–Crippen MR) is 135 cm³/mol. The molecule has 1 aliphatic heterocycles. The van der Waals surface area contributed by atoms with Crippen LogP contribution in [-0.2, 0) is 6.18 Å². The van der Waals surface area contributed by atoms with Crippen molar-refractivity contribution in [3.8, 4) is 11.3 Å². The summed E-state index contributed by atoms with van der Waals surface area (Å²) in [5, 5.41) is 5.33. The molecule has 0 spiro atoms. The molecule has 2 amide bonds. The van der Waals surface area contributed by atoms with Gasteiger partial charge in [0, 0.05) is 48.7 Å². The number of carbonyl (C=O) groups is 1. The Kier molecular flexibility index (Phi) is 7.82. The second-order valence-electron chi connectivity index (χ2n) is 8.67. The van der Waals surface area contributed by atoms with Crippen molar-refractivity contribution in [3.05, 3.63) is 64.2 Å². The number of rotatable bonds is 6. The Balaban J connectivity index is 1.36. The monoisotopic (exact) mass is 520 g/mol. The van der Waals surface area contributed by atoms with E-state index < -0.39 is 29.3 Å². The molecular formula is C26H28F4N4OS. The topological polar surface area (TPSA) is 48.5 Å². The van der Waals surface area contributed by atoms with Crippen molar-refractivity contribution >= 4 is 28.7 Å². The van der Waals surface area contributed by atoms with Crippen LogP contribution in [0.25, 0.3) is 11.3 Å². The maximum atomic E-state index is 13.3. The maximum absolute atomic E-state index is 13.3. The fourth-order valence-electron chi connectivity index (χ4n) is 4.42. The first-order chi connectivity index (χ1) is 17.2. The predicted octanol–water partition coefficient (Wildman–Crippen LogP) is 7.23. The van der Waals surface area contributed by atoms with Gasteiger partial charge in [0.05, 0.1) is 22.0 Å². The van der Waals surface area contributed by atoms with Gasteiger partial charge in [-0.15, -0.1) is 11.3 Å². The molecule has 2 aromatic carbocycles. The third kappa shape index (κ3) is 5.80. The highest BCUT2D eigenvalue weighted by Gasteiger charge is 2.35. The van der Waals surface area contributed by atoms with Crippen molar-refractivity contribution in [1.29, 1.82) is 0 Å². The minimum absolute atomic E-state index is 0.180. The first-order valence-corrected chi connectivity index (χ1v) is 12.8. The molecule has 5 nitrogen and oxygen atoms in total. The highest BCUT2D eigenvalue weighted by molar-refractivity contribution is 7.10. The van der Waals surface area contributed by atoms with E-state index in [2.05, 4.69) is 48.3 Å². The molecule has 1 N–H and O–H groups in total. The number of amides is 2. The lowest BCUT2D eigenvalue weighted by atomic mass is 9.97. The van der Waals surface area contributed by atoms with Crippen LogP contribution in [0.1, 0.15) is 43.2 Å². The summed E-state index contributed by atoms with van der Waals surface area (Å²) in [5.74, 6) is -0.830. The number of thiazole rings is 1. The quantitative estimate of drug-likeness (QED) is 0.349. The zero-order valence-corrected chi connectivity index (χ0v) is 20.9. The molecule has 36 heavy (non-hydrogen) atoms. The lowest BCUT2D eigenvalue weighted by Gasteiger charge is -2.31. The lowest BCUT2D eigenvalue weighted by molar-refractivity contribution is -0.137. The number of nitrogens with zero attached hydrogens (tertiary/aromatic N) is 3. The van der Waals surface area contributed by atoms with E-state index in [1.165, 1.54) is 10.6 Å². The van der Waals surface area contributed by atoms with Crippen molar-refractivity contribution in [2.45, 2.75) is 38.8 Å². The Labute approximate surface area is 211 Å². The van der Waals surface area contributed by atoms with Gasteiger partial charge in [-0.3, -0.25) is 0 Å². The van der Waals surface area contributed by atoms with Crippen LogP contribution >= 0.6 is 11.3 Å². The largest absolute Gasteiger partial charge is 0.418 e. The normalized spacial score (nSPS) is 14.7. The van der Waals surface area contributed by atoms with Crippen molar-refractivity contribution in [2.75, 3.05) is 36.4 Å². The van der Waals surface area contributed by atoms with Gasteiger partial charge in [0.2, 0.25) is 0 Å². The summed E-state index contributed by atoms with van der Waals surface area (Å²) in [6.07, 6.45) is -3.44. The third-order valence-corrected chi connectivity index (χ3v) is 7.48. The van der Waals surface area contributed by atoms with E-state index in [9.17, 15) is 22.4 Å². The van der Waals surface area contributed by atoms with Crippen LogP contribution in [0, 0.1) is 5.82 Å². The molecule has 3 aromatic rings. The van der Waals surface area contributed by atoms with Crippen molar-refractivity contribution in [3.63, 3.8) is 0 Å². The summed E-state index contributed by atoms with van der Waals surface area (Å²) in [6.45, 7) is 6.93. The van der Waals surface area contributed by atoms with Gasteiger partial charge >= 0.3 is 12.2 Å². The Bertz CT molecular complexity index is 1180. The van der Waals surface area contributed by atoms with Crippen molar-refractivity contribution < 1.29 is 22.4 Å². The zero-order chi connectivity index (χ0) is 25.9. The molecule has 1 saturated heterocycles. The molecule has 192 valence electrons. The molecule has 0 unspecified atom stereocenters. The molecule has 1 aromatic heterocycles. The molecule has 1 aliphatic rings. The SMILES string of the molecule is CCN(CC)c1ccc(-c2csc(C3CCN(C(=O)Nc4ccc(F)cc4C(F)(F)F)CC3)n2)cc1. The Morgan fingerprint density at radius 1 is 1.11 bits per heavy atom. The number of aromatic nitrogens is 1. The highest BCUT2D eigenvalue weighted by atomic mass is 32.1. The van der Waals surface area contributed by atoms with E-state index in [0.717, 1.165) is 41.5 Å². The molecule has 0 aliphatic carbocycles. The van der Waals surface area contributed by atoms with Crippen molar-refractivity contribution in [1.82, 2.24) is 9.88 Å². The van der Waals surface area contributed by atoms with Gasteiger partial charge in [-0.25, -0.2) is 14.2 Å². The second kappa shape index (κ2) is 10.9. The van der Waals surface area contributed by atoms with E-state index in [1.54, 1.807) is 11.3 Å². The molecular weight excluding hydrogens is 492 g/mol. The zero-order valence-electron chi connectivity index (χ0n) is 20.1. The maximum Gasteiger partial charge on any atom is 0.418 e. The average Bonchev–Trinajstić information content (AvgIpc) is 3.36. The van der Waals surface area contributed by atoms with Gasteiger partial charge in [0.15, 0.2) is 0 Å². The van der Waals surface area contributed by atoms with E-state index >= 15 is 0 Å². The second-order valence-corrected chi connectivity index (χ2v) is 9.56. The van der Waals surface area contributed by atoms with Gasteiger partial charge < -0.3 is 15.1 Å². The summed E-state index contributed by atoms with van der Waals surface area (Å²) in [5.41, 5.74) is 1.48. The van der Waals surface area contributed by atoms with Crippen LogP contribution in [0.2, 0.25) is 0 Å². The van der Waals surface area contributed by atoms with Crippen LogP contribution in [-0.4, -0.2) is 42.1 Å². The van der Waals surface area contributed by atoms with Gasteiger partial charge in [-0.2, -0.15) is 13.2 Å². The number of piperidine rings is 1. The van der Waals surface area contributed by atoms with E-state index in [-0.39, 0.29) is 5.92 Å². The van der Waals surface area contributed by atoms with Gasteiger partial charge in [-0.05, 0) is 57.0 Å². The first-order valence-electron chi connectivity index (χ1n) is 11.9. The number of hydrogen-bond acceptors (Lipinski definition) is 4. The van der Waals surface area contributed by atoms with Crippen LogP contribution < -0.4 is 10.2 Å². The molecule has 0 saturated carbocycles.